The lowest BCUT2D eigenvalue weighted by Crippen LogP contribution is -2.67. The van der Waals surface area contributed by atoms with Crippen molar-refractivity contribution in [3.05, 3.63) is 35.9 Å². The normalized spacial score (nSPS) is 47.1. The highest BCUT2D eigenvalue weighted by atomic mass is 16.3. The van der Waals surface area contributed by atoms with E-state index in [-0.39, 0.29) is 34.6 Å². The Morgan fingerprint density at radius 1 is 1.04 bits per heavy atom. The van der Waals surface area contributed by atoms with E-state index in [0.29, 0.717) is 6.04 Å². The van der Waals surface area contributed by atoms with E-state index in [2.05, 4.69) is 35.6 Å². The Kier molecular flexibility index (Phi) is 4.19. The van der Waals surface area contributed by atoms with Crippen molar-refractivity contribution in [2.75, 3.05) is 0 Å². The minimum atomic E-state index is -0.639. The van der Waals surface area contributed by atoms with Crippen LogP contribution in [0, 0.1) is 17.3 Å². The Balaban J connectivity index is 1.44. The van der Waals surface area contributed by atoms with Crippen LogP contribution in [0.25, 0.3) is 0 Å². The molecular weight excluding hydrogens is 348 g/mol. The lowest BCUT2D eigenvalue weighted by molar-refractivity contribution is -0.204. The van der Waals surface area contributed by atoms with Crippen LogP contribution in [0.2, 0.25) is 0 Å². The van der Waals surface area contributed by atoms with Crippen LogP contribution in [0.3, 0.4) is 0 Å². The van der Waals surface area contributed by atoms with E-state index in [9.17, 15) is 9.90 Å². The summed E-state index contributed by atoms with van der Waals surface area (Å²) in [6, 6.07) is 11.3. The largest absolute Gasteiger partial charge is 0.390 e. The molecule has 5 aliphatic carbocycles. The number of benzene rings is 1. The number of nitrogens with two attached hydrogens (primary N) is 1. The number of nitrogens with one attached hydrogen (secondary N) is 1. The van der Waals surface area contributed by atoms with Crippen LogP contribution in [-0.2, 0) is 10.2 Å². The lowest BCUT2D eigenvalue weighted by atomic mass is 9.39. The van der Waals surface area contributed by atoms with E-state index in [4.69, 9.17) is 5.73 Å². The summed E-state index contributed by atoms with van der Waals surface area (Å²) in [4.78, 5) is 13.6. The third kappa shape index (κ3) is 2.75. The molecule has 0 heterocycles. The van der Waals surface area contributed by atoms with Gasteiger partial charge in [-0.05, 0) is 87.5 Å². The fraction of sp³-hybridized carbons (Fsp3) is 0.708. The van der Waals surface area contributed by atoms with Gasteiger partial charge in [-0.3, -0.25) is 4.79 Å². The molecule has 1 aromatic carbocycles. The minimum absolute atomic E-state index is 0.0432. The highest BCUT2D eigenvalue weighted by molar-refractivity contribution is 5.84. The molecule has 0 aliphatic heterocycles. The maximum absolute atomic E-state index is 13.6. The molecule has 5 saturated carbocycles. The van der Waals surface area contributed by atoms with Crippen molar-refractivity contribution in [1.29, 1.82) is 0 Å². The van der Waals surface area contributed by atoms with Crippen molar-refractivity contribution in [3.63, 3.8) is 0 Å². The molecule has 4 heteroatoms. The van der Waals surface area contributed by atoms with Crippen LogP contribution in [0.1, 0.15) is 70.3 Å². The van der Waals surface area contributed by atoms with Crippen molar-refractivity contribution in [2.24, 2.45) is 23.0 Å². The van der Waals surface area contributed by atoms with Gasteiger partial charge in [-0.25, -0.2) is 0 Å². The number of carbonyl (C=O) groups excluding carboxylic acids is 1. The highest BCUT2D eigenvalue weighted by Crippen LogP contribution is 2.68. The number of aliphatic hydroxyl groups is 1. The molecule has 2 atom stereocenters. The third-order valence-corrected chi connectivity index (χ3v) is 8.85. The molecule has 6 rings (SSSR count). The van der Waals surface area contributed by atoms with Crippen molar-refractivity contribution in [1.82, 2.24) is 5.32 Å². The topological polar surface area (TPSA) is 75.3 Å². The summed E-state index contributed by atoms with van der Waals surface area (Å²) in [6.45, 7) is 2.02. The molecule has 152 valence electrons. The summed E-state index contributed by atoms with van der Waals surface area (Å²) in [7, 11) is 0. The minimum Gasteiger partial charge on any atom is -0.390 e. The Labute approximate surface area is 168 Å². The van der Waals surface area contributed by atoms with Crippen molar-refractivity contribution in [2.45, 2.75) is 87.8 Å². The van der Waals surface area contributed by atoms with E-state index in [0.717, 1.165) is 57.8 Å². The van der Waals surface area contributed by atoms with Gasteiger partial charge in [0.15, 0.2) is 0 Å². The molecule has 4 nitrogen and oxygen atoms in total. The first-order valence-electron chi connectivity index (χ1n) is 11.2. The first-order chi connectivity index (χ1) is 13.3. The average molecular weight is 383 g/mol. The zero-order chi connectivity index (χ0) is 19.6. The van der Waals surface area contributed by atoms with Crippen LogP contribution < -0.4 is 11.1 Å². The zero-order valence-corrected chi connectivity index (χ0v) is 17.0. The van der Waals surface area contributed by atoms with Crippen LogP contribution in [0.15, 0.2) is 30.3 Å². The monoisotopic (exact) mass is 382 g/mol. The summed E-state index contributed by atoms with van der Waals surface area (Å²) in [5, 5.41) is 14.7. The second kappa shape index (κ2) is 6.30. The third-order valence-electron chi connectivity index (χ3n) is 8.85. The van der Waals surface area contributed by atoms with Gasteiger partial charge < -0.3 is 16.2 Å². The molecule has 5 aliphatic rings. The number of amides is 1. The highest BCUT2D eigenvalue weighted by Gasteiger charge is 2.67. The Bertz CT molecular complexity index is 733. The molecule has 4 bridgehead atoms. The first-order valence-corrected chi connectivity index (χ1v) is 11.2. The van der Waals surface area contributed by atoms with Gasteiger partial charge in [-0.2, -0.15) is 0 Å². The van der Waals surface area contributed by atoms with E-state index >= 15 is 0 Å². The molecule has 0 aromatic heterocycles. The Morgan fingerprint density at radius 2 is 1.64 bits per heavy atom. The molecule has 0 radical (unpaired) electrons. The summed E-state index contributed by atoms with van der Waals surface area (Å²) >= 11 is 0. The molecule has 4 N–H and O–H groups in total. The van der Waals surface area contributed by atoms with E-state index in [1.165, 1.54) is 5.56 Å². The molecular formula is C24H34N2O2. The Morgan fingerprint density at radius 3 is 2.25 bits per heavy atom. The van der Waals surface area contributed by atoms with Gasteiger partial charge in [0.05, 0.1) is 11.0 Å². The standard InChI is InChI=1S/C24H34N2O2/c1-22(28)17-11-23(16-5-3-2-4-6-16)12-18(22)14-24(13-17,15-23)21(27)26-20-9-7-19(25)8-10-20/h2-6,17-20,28H,7-15,25H2,1H3,(H,26,27). The second-order valence-corrected chi connectivity index (χ2v) is 10.6. The quantitative estimate of drug-likeness (QED) is 0.751. The molecule has 0 saturated heterocycles. The summed E-state index contributed by atoms with van der Waals surface area (Å²) in [5.74, 6) is 0.664. The summed E-state index contributed by atoms with van der Waals surface area (Å²) in [6.07, 6.45) is 8.63. The summed E-state index contributed by atoms with van der Waals surface area (Å²) < 4.78 is 0. The molecule has 0 spiro atoms. The maximum Gasteiger partial charge on any atom is 0.226 e. The Hall–Kier alpha value is -1.39. The number of carbonyl (C=O) groups is 1. The van der Waals surface area contributed by atoms with Gasteiger partial charge >= 0.3 is 0 Å². The van der Waals surface area contributed by atoms with Crippen molar-refractivity contribution in [3.8, 4) is 0 Å². The van der Waals surface area contributed by atoms with E-state index in [1.54, 1.807) is 0 Å². The van der Waals surface area contributed by atoms with E-state index in [1.807, 2.05) is 6.92 Å². The molecule has 1 aromatic rings. The lowest BCUT2D eigenvalue weighted by Gasteiger charge is -2.66. The van der Waals surface area contributed by atoms with Gasteiger partial charge in [0.25, 0.3) is 0 Å². The average Bonchev–Trinajstić information content (AvgIpc) is 2.68. The maximum atomic E-state index is 13.6. The molecule has 1 amide bonds. The number of hydrogen-bond acceptors (Lipinski definition) is 3. The second-order valence-electron chi connectivity index (χ2n) is 10.6. The fourth-order valence-corrected chi connectivity index (χ4v) is 7.29. The van der Waals surface area contributed by atoms with Crippen molar-refractivity contribution < 1.29 is 9.90 Å². The predicted octanol–water partition coefficient (Wildman–Crippen LogP) is 3.27. The number of hydrogen-bond donors (Lipinski definition) is 3. The first kappa shape index (κ1) is 18.6. The molecule has 2 unspecified atom stereocenters. The molecule has 5 fully saturated rings. The molecule has 28 heavy (non-hydrogen) atoms. The summed E-state index contributed by atoms with van der Waals surface area (Å²) in [5.41, 5.74) is 6.50. The fourth-order valence-electron chi connectivity index (χ4n) is 7.29. The van der Waals surface area contributed by atoms with Crippen LogP contribution in [-0.4, -0.2) is 28.7 Å². The zero-order valence-electron chi connectivity index (χ0n) is 17.0. The van der Waals surface area contributed by atoms with Gasteiger partial charge in [0.2, 0.25) is 5.91 Å². The van der Waals surface area contributed by atoms with Gasteiger partial charge in [-0.1, -0.05) is 30.3 Å². The number of rotatable bonds is 3. The van der Waals surface area contributed by atoms with Gasteiger partial charge in [0, 0.05) is 12.1 Å². The van der Waals surface area contributed by atoms with Gasteiger partial charge in [-0.15, -0.1) is 0 Å². The van der Waals surface area contributed by atoms with Crippen LogP contribution >= 0.6 is 0 Å². The predicted molar refractivity (Wildman–Crippen MR) is 110 cm³/mol. The smallest absolute Gasteiger partial charge is 0.226 e. The van der Waals surface area contributed by atoms with Crippen molar-refractivity contribution >= 4 is 5.91 Å². The SMILES string of the molecule is CC1(O)C2CC3(C(=O)NC4CCC(N)CC4)CC1CC(c1ccccc1)(C2)C3. The van der Waals surface area contributed by atoms with Gasteiger partial charge in [0.1, 0.15) is 0 Å². The van der Waals surface area contributed by atoms with Crippen LogP contribution in [0.5, 0.6) is 0 Å². The van der Waals surface area contributed by atoms with E-state index < -0.39 is 5.60 Å². The van der Waals surface area contributed by atoms with Crippen LogP contribution in [0.4, 0.5) is 0 Å².